The van der Waals surface area contributed by atoms with Crippen molar-refractivity contribution in [3.63, 3.8) is 0 Å². The molecule has 0 bridgehead atoms. The van der Waals surface area contributed by atoms with E-state index in [1.165, 1.54) is 23.9 Å². The fourth-order valence-corrected chi connectivity index (χ4v) is 2.69. The molecular formula is C16H19FN2OS. The van der Waals surface area contributed by atoms with Gasteiger partial charge in [-0.15, -0.1) is 0 Å². The molecule has 0 fully saturated rings. The van der Waals surface area contributed by atoms with Crippen molar-refractivity contribution in [1.82, 2.24) is 9.55 Å². The Morgan fingerprint density at radius 2 is 1.86 bits per heavy atom. The molecule has 0 radical (unpaired) electrons. The Morgan fingerprint density at radius 3 is 2.43 bits per heavy atom. The van der Waals surface area contributed by atoms with Crippen LogP contribution >= 0.6 is 11.8 Å². The zero-order valence-electron chi connectivity index (χ0n) is 12.7. The Morgan fingerprint density at radius 1 is 1.24 bits per heavy atom. The summed E-state index contributed by atoms with van der Waals surface area (Å²) in [4.78, 5) is 16.6. The number of rotatable bonds is 3. The van der Waals surface area contributed by atoms with Gasteiger partial charge in [0, 0.05) is 24.3 Å². The van der Waals surface area contributed by atoms with Crippen molar-refractivity contribution in [3.8, 4) is 0 Å². The van der Waals surface area contributed by atoms with Gasteiger partial charge < -0.3 is 0 Å². The molecular weight excluding hydrogens is 287 g/mol. The molecule has 0 spiro atoms. The smallest absolute Gasteiger partial charge is 0.254 e. The van der Waals surface area contributed by atoms with Gasteiger partial charge in [-0.1, -0.05) is 44.7 Å². The topological polar surface area (TPSA) is 34.9 Å². The number of thioether (sulfide) groups is 1. The van der Waals surface area contributed by atoms with Crippen LogP contribution in [0.4, 0.5) is 4.39 Å². The molecule has 0 saturated heterocycles. The van der Waals surface area contributed by atoms with E-state index >= 15 is 0 Å². The maximum absolute atomic E-state index is 12.9. The van der Waals surface area contributed by atoms with E-state index in [1.807, 2.05) is 20.8 Å². The highest BCUT2D eigenvalue weighted by molar-refractivity contribution is 7.98. The Balaban J connectivity index is 2.25. The summed E-state index contributed by atoms with van der Waals surface area (Å²) in [6.45, 7) is 6.09. The van der Waals surface area contributed by atoms with Crippen molar-refractivity contribution in [1.29, 1.82) is 0 Å². The minimum Gasteiger partial charge on any atom is -0.291 e. The average Bonchev–Trinajstić information content (AvgIpc) is 2.41. The van der Waals surface area contributed by atoms with Crippen molar-refractivity contribution in [2.75, 3.05) is 0 Å². The molecule has 0 amide bonds. The second kappa shape index (κ2) is 6.02. The number of hydrogen-bond donors (Lipinski definition) is 0. The molecule has 1 aromatic heterocycles. The second-order valence-electron chi connectivity index (χ2n) is 5.99. The summed E-state index contributed by atoms with van der Waals surface area (Å²) >= 11 is 1.48. The molecule has 5 heteroatoms. The zero-order chi connectivity index (χ0) is 15.6. The predicted octanol–water partition coefficient (Wildman–Crippen LogP) is 3.51. The fourth-order valence-electron chi connectivity index (χ4n) is 1.76. The molecule has 0 unspecified atom stereocenters. The highest BCUT2D eigenvalue weighted by Crippen LogP contribution is 2.24. The van der Waals surface area contributed by atoms with E-state index in [2.05, 4.69) is 4.98 Å². The first-order chi connectivity index (χ1) is 9.77. The van der Waals surface area contributed by atoms with Gasteiger partial charge >= 0.3 is 0 Å². The molecule has 0 N–H and O–H groups in total. The van der Waals surface area contributed by atoms with Crippen LogP contribution in [0.3, 0.4) is 0 Å². The first kappa shape index (κ1) is 15.8. The molecule has 0 aliphatic rings. The minimum absolute atomic E-state index is 0.0588. The SMILES string of the molecule is Cn1c(SCc2ccc(F)cc2)nc(C(C)(C)C)cc1=O. The van der Waals surface area contributed by atoms with Gasteiger partial charge in [0.05, 0.1) is 5.69 Å². The Kier molecular flexibility index (Phi) is 4.52. The van der Waals surface area contributed by atoms with Crippen LogP contribution in [-0.2, 0) is 18.2 Å². The third kappa shape index (κ3) is 3.94. The van der Waals surface area contributed by atoms with E-state index in [9.17, 15) is 9.18 Å². The maximum atomic E-state index is 12.9. The molecule has 0 saturated carbocycles. The summed E-state index contributed by atoms with van der Waals surface area (Å²) in [7, 11) is 1.72. The van der Waals surface area contributed by atoms with E-state index in [0.29, 0.717) is 10.9 Å². The Bertz CT molecular complexity index is 687. The number of nitrogens with zero attached hydrogens (tertiary/aromatic N) is 2. The van der Waals surface area contributed by atoms with Crippen LogP contribution in [0.25, 0.3) is 0 Å². The normalized spacial score (nSPS) is 11.7. The lowest BCUT2D eigenvalue weighted by atomic mass is 9.92. The van der Waals surface area contributed by atoms with Crippen molar-refractivity contribution in [2.45, 2.75) is 37.1 Å². The standard InChI is InChI=1S/C16H19FN2OS/c1-16(2,3)13-9-14(20)19(4)15(18-13)21-10-11-5-7-12(17)8-6-11/h5-9H,10H2,1-4H3. The number of benzene rings is 1. The molecule has 0 aliphatic heterocycles. The summed E-state index contributed by atoms with van der Waals surface area (Å²) in [5, 5.41) is 0.678. The van der Waals surface area contributed by atoms with Gasteiger partial charge in [-0.25, -0.2) is 9.37 Å². The minimum atomic E-state index is -0.246. The molecule has 0 aliphatic carbocycles. The molecule has 3 nitrogen and oxygen atoms in total. The van der Waals surface area contributed by atoms with Gasteiger partial charge in [-0.3, -0.25) is 9.36 Å². The fraction of sp³-hybridized carbons (Fsp3) is 0.375. The molecule has 112 valence electrons. The van der Waals surface area contributed by atoms with Gasteiger partial charge in [-0.2, -0.15) is 0 Å². The molecule has 1 aromatic carbocycles. The largest absolute Gasteiger partial charge is 0.291 e. The van der Waals surface area contributed by atoms with E-state index < -0.39 is 0 Å². The first-order valence-corrected chi connectivity index (χ1v) is 7.72. The van der Waals surface area contributed by atoms with Gasteiger partial charge in [0.2, 0.25) is 0 Å². The lowest BCUT2D eigenvalue weighted by Gasteiger charge is -2.19. The predicted molar refractivity (Wildman–Crippen MR) is 84.1 cm³/mol. The van der Waals surface area contributed by atoms with Gasteiger partial charge in [0.15, 0.2) is 5.16 Å². The molecule has 2 rings (SSSR count). The summed E-state index contributed by atoms with van der Waals surface area (Å²) < 4.78 is 14.4. The number of hydrogen-bond acceptors (Lipinski definition) is 3. The van der Waals surface area contributed by atoms with Crippen molar-refractivity contribution in [3.05, 3.63) is 57.8 Å². The van der Waals surface area contributed by atoms with Gasteiger partial charge in [-0.05, 0) is 17.7 Å². The van der Waals surface area contributed by atoms with Crippen molar-refractivity contribution in [2.24, 2.45) is 7.05 Å². The van der Waals surface area contributed by atoms with Gasteiger partial charge in [0.25, 0.3) is 5.56 Å². The highest BCUT2D eigenvalue weighted by atomic mass is 32.2. The number of aromatic nitrogens is 2. The second-order valence-corrected chi connectivity index (χ2v) is 6.93. The lowest BCUT2D eigenvalue weighted by molar-refractivity contribution is 0.542. The summed E-state index contributed by atoms with van der Waals surface area (Å²) in [5.74, 6) is 0.401. The van der Waals surface area contributed by atoms with Crippen LogP contribution in [0.1, 0.15) is 32.0 Å². The van der Waals surface area contributed by atoms with Crippen LogP contribution < -0.4 is 5.56 Å². The zero-order valence-corrected chi connectivity index (χ0v) is 13.5. The van der Waals surface area contributed by atoms with E-state index in [-0.39, 0.29) is 16.8 Å². The lowest BCUT2D eigenvalue weighted by Crippen LogP contribution is -2.25. The van der Waals surface area contributed by atoms with Crippen molar-refractivity contribution < 1.29 is 4.39 Å². The highest BCUT2D eigenvalue weighted by Gasteiger charge is 2.18. The van der Waals surface area contributed by atoms with Crippen LogP contribution in [-0.4, -0.2) is 9.55 Å². The van der Waals surface area contributed by atoms with E-state index in [1.54, 1.807) is 29.8 Å². The molecule has 21 heavy (non-hydrogen) atoms. The van der Waals surface area contributed by atoms with Crippen molar-refractivity contribution >= 4 is 11.8 Å². The van der Waals surface area contributed by atoms with Gasteiger partial charge in [0.1, 0.15) is 5.82 Å². The maximum Gasteiger partial charge on any atom is 0.254 e. The van der Waals surface area contributed by atoms with Crippen LogP contribution in [0, 0.1) is 5.82 Å². The quantitative estimate of drug-likeness (QED) is 0.643. The summed E-state index contributed by atoms with van der Waals surface area (Å²) in [6, 6.07) is 7.95. The van der Waals surface area contributed by atoms with Crippen LogP contribution in [0.15, 0.2) is 40.3 Å². The Hall–Kier alpha value is -1.62. The van der Waals surface area contributed by atoms with Crippen LogP contribution in [0.2, 0.25) is 0 Å². The first-order valence-electron chi connectivity index (χ1n) is 6.73. The van der Waals surface area contributed by atoms with Crippen LogP contribution in [0.5, 0.6) is 0 Å². The Labute approximate surface area is 128 Å². The molecule has 2 aromatic rings. The van der Waals surface area contributed by atoms with E-state index in [0.717, 1.165) is 11.3 Å². The third-order valence-corrected chi connectivity index (χ3v) is 4.24. The summed E-state index contributed by atoms with van der Waals surface area (Å²) in [5.41, 5.74) is 1.55. The average molecular weight is 306 g/mol. The van der Waals surface area contributed by atoms with E-state index in [4.69, 9.17) is 0 Å². The molecule has 0 atom stereocenters. The molecule has 1 heterocycles. The third-order valence-electron chi connectivity index (χ3n) is 3.14. The monoisotopic (exact) mass is 306 g/mol. The summed E-state index contributed by atoms with van der Waals surface area (Å²) in [6.07, 6.45) is 0. The number of halogens is 1.